The highest BCUT2D eigenvalue weighted by Crippen LogP contribution is 2.34. The second kappa shape index (κ2) is 9.61. The number of rotatable bonds is 6. The number of carbonyl (C=O) groups is 3. The van der Waals surface area contributed by atoms with Crippen LogP contribution in [-0.4, -0.2) is 41.8 Å². The molecule has 1 saturated heterocycles. The first kappa shape index (κ1) is 21.0. The van der Waals surface area contributed by atoms with Crippen LogP contribution in [0.15, 0.2) is 17.0 Å². The first-order chi connectivity index (χ1) is 12.4. The molecule has 0 aliphatic carbocycles. The van der Waals surface area contributed by atoms with Gasteiger partial charge in [0, 0.05) is 0 Å². The van der Waals surface area contributed by atoms with Crippen LogP contribution in [0.4, 0.5) is 4.79 Å². The minimum Gasteiger partial charge on any atom is -0.479 e. The Morgan fingerprint density at radius 3 is 2.58 bits per heavy atom. The van der Waals surface area contributed by atoms with Crippen molar-refractivity contribution in [3.63, 3.8) is 0 Å². The Labute approximate surface area is 182 Å². The summed E-state index contributed by atoms with van der Waals surface area (Å²) in [6, 6.07) is 3.65. The number of thioether (sulfide) groups is 1. The number of hydrogen-bond donors (Lipinski definition) is 0. The Morgan fingerprint density at radius 2 is 2.00 bits per heavy atom. The van der Waals surface area contributed by atoms with Crippen LogP contribution in [0.1, 0.15) is 12.5 Å². The highest BCUT2D eigenvalue weighted by molar-refractivity contribution is 14.1. The molecule has 2 amide bonds. The highest BCUT2D eigenvalue weighted by Gasteiger charge is 2.36. The number of terminal acetylenes is 1. The smallest absolute Gasteiger partial charge is 0.326 e. The van der Waals surface area contributed by atoms with Gasteiger partial charge >= 0.3 is 5.97 Å². The second-order valence-corrected chi connectivity index (χ2v) is 8.20. The van der Waals surface area contributed by atoms with Gasteiger partial charge in [0.2, 0.25) is 0 Å². The summed E-state index contributed by atoms with van der Waals surface area (Å²) in [5, 5.41) is -0.493. The molecule has 0 N–H and O–H groups in total. The van der Waals surface area contributed by atoms with E-state index >= 15 is 0 Å². The van der Waals surface area contributed by atoms with Crippen molar-refractivity contribution < 1.29 is 23.9 Å². The van der Waals surface area contributed by atoms with Crippen LogP contribution < -0.4 is 4.74 Å². The summed E-state index contributed by atoms with van der Waals surface area (Å²) in [6.45, 7) is 1.63. The van der Waals surface area contributed by atoms with Gasteiger partial charge in [-0.2, -0.15) is 0 Å². The molecule has 0 spiro atoms. The monoisotopic (exact) mass is 597 g/mol. The van der Waals surface area contributed by atoms with Crippen molar-refractivity contribution in [1.29, 1.82) is 0 Å². The molecular formula is C17H13I2NO5S. The average Bonchev–Trinajstić information content (AvgIpc) is 2.82. The quantitative estimate of drug-likeness (QED) is 0.217. The fourth-order valence-electron chi connectivity index (χ4n) is 2.04. The molecule has 1 aromatic rings. The number of halogens is 2. The summed E-state index contributed by atoms with van der Waals surface area (Å²) < 4.78 is 12.0. The maximum absolute atomic E-state index is 12.4. The Hall–Kier alpha value is -1.26. The number of ether oxygens (including phenoxy) is 2. The number of benzene rings is 1. The molecule has 1 aliphatic rings. The molecule has 0 radical (unpaired) electrons. The van der Waals surface area contributed by atoms with E-state index in [4.69, 9.17) is 15.9 Å². The first-order valence-corrected chi connectivity index (χ1v) is 10.3. The number of carbonyl (C=O) groups excluding carboxylic acids is 3. The average molecular weight is 597 g/mol. The normalized spacial score (nSPS) is 15.3. The molecule has 0 unspecified atom stereocenters. The van der Waals surface area contributed by atoms with Gasteiger partial charge in [-0.25, -0.2) is 0 Å². The molecule has 0 bridgehead atoms. The van der Waals surface area contributed by atoms with Gasteiger partial charge in [0.15, 0.2) is 0 Å². The van der Waals surface area contributed by atoms with Gasteiger partial charge in [-0.05, 0) is 87.6 Å². The molecule has 136 valence electrons. The Kier molecular flexibility index (Phi) is 7.78. The van der Waals surface area contributed by atoms with Crippen LogP contribution in [0, 0.1) is 19.5 Å². The largest absolute Gasteiger partial charge is 0.479 e. The molecule has 1 aliphatic heterocycles. The van der Waals surface area contributed by atoms with Gasteiger partial charge in [-0.15, -0.1) is 6.42 Å². The van der Waals surface area contributed by atoms with Crippen molar-refractivity contribution in [2.45, 2.75) is 6.92 Å². The molecule has 1 aromatic carbocycles. The predicted octanol–water partition coefficient (Wildman–Crippen LogP) is 3.51. The van der Waals surface area contributed by atoms with Gasteiger partial charge in [-0.1, -0.05) is 5.92 Å². The lowest BCUT2D eigenvalue weighted by Crippen LogP contribution is -2.34. The van der Waals surface area contributed by atoms with Crippen molar-refractivity contribution in [2.24, 2.45) is 0 Å². The molecule has 1 fully saturated rings. The van der Waals surface area contributed by atoms with Crippen LogP contribution in [0.2, 0.25) is 0 Å². The lowest BCUT2D eigenvalue weighted by molar-refractivity contribution is -0.145. The van der Waals surface area contributed by atoms with Crippen LogP contribution in [0.5, 0.6) is 5.75 Å². The molecular weight excluding hydrogens is 584 g/mol. The van der Waals surface area contributed by atoms with E-state index in [9.17, 15) is 14.4 Å². The maximum atomic E-state index is 12.4. The first-order valence-electron chi connectivity index (χ1n) is 7.33. The second-order valence-electron chi connectivity index (χ2n) is 4.88. The lowest BCUT2D eigenvalue weighted by atomic mass is 10.2. The third-order valence-electron chi connectivity index (χ3n) is 3.08. The molecule has 0 atom stereocenters. The van der Waals surface area contributed by atoms with Crippen LogP contribution in [0.3, 0.4) is 0 Å². The molecule has 26 heavy (non-hydrogen) atoms. The van der Waals surface area contributed by atoms with Gasteiger partial charge in [0.25, 0.3) is 11.1 Å². The fourth-order valence-corrected chi connectivity index (χ4v) is 5.00. The topological polar surface area (TPSA) is 72.9 Å². The lowest BCUT2D eigenvalue weighted by Gasteiger charge is -2.11. The van der Waals surface area contributed by atoms with Crippen molar-refractivity contribution in [1.82, 2.24) is 4.90 Å². The molecule has 0 aromatic heterocycles. The number of esters is 1. The van der Waals surface area contributed by atoms with E-state index < -0.39 is 17.1 Å². The third-order valence-corrected chi connectivity index (χ3v) is 5.59. The van der Waals surface area contributed by atoms with Crippen LogP contribution in [0.25, 0.3) is 6.08 Å². The summed E-state index contributed by atoms with van der Waals surface area (Å²) in [7, 11) is 0. The van der Waals surface area contributed by atoms with E-state index in [0.29, 0.717) is 5.75 Å². The molecule has 9 heteroatoms. The van der Waals surface area contributed by atoms with E-state index in [-0.39, 0.29) is 24.7 Å². The Morgan fingerprint density at radius 1 is 1.35 bits per heavy atom. The van der Waals surface area contributed by atoms with E-state index in [1.807, 2.05) is 12.1 Å². The van der Waals surface area contributed by atoms with Crippen LogP contribution >= 0.6 is 56.9 Å². The highest BCUT2D eigenvalue weighted by atomic mass is 127. The minimum absolute atomic E-state index is 0.165. The Balaban J connectivity index is 2.22. The van der Waals surface area contributed by atoms with Crippen molar-refractivity contribution in [3.05, 3.63) is 29.7 Å². The van der Waals surface area contributed by atoms with E-state index in [1.165, 1.54) is 0 Å². The molecule has 6 nitrogen and oxygen atoms in total. The molecule has 1 heterocycles. The summed E-state index contributed by atoms with van der Waals surface area (Å²) in [5.74, 6) is 1.97. The van der Waals surface area contributed by atoms with Gasteiger partial charge < -0.3 is 9.47 Å². The van der Waals surface area contributed by atoms with E-state index in [1.54, 1.807) is 13.0 Å². The third kappa shape index (κ3) is 5.14. The predicted molar refractivity (Wildman–Crippen MR) is 116 cm³/mol. The zero-order chi connectivity index (χ0) is 19.3. The number of imide groups is 1. The van der Waals surface area contributed by atoms with Crippen molar-refractivity contribution in [2.75, 3.05) is 19.8 Å². The Bertz CT molecular complexity index is 808. The minimum atomic E-state index is -0.616. The fraction of sp³-hybridized carbons (Fsp3) is 0.235. The van der Waals surface area contributed by atoms with Gasteiger partial charge in [-0.3, -0.25) is 19.3 Å². The van der Waals surface area contributed by atoms with Crippen LogP contribution in [-0.2, 0) is 14.3 Å². The SMILES string of the molecule is C#CCOc1c(I)cc(/C=C2\SC(=O)N(CC(=O)OCC)C2=O)cc1I. The summed E-state index contributed by atoms with van der Waals surface area (Å²) in [5.41, 5.74) is 0.744. The van der Waals surface area contributed by atoms with Crippen molar-refractivity contribution in [3.8, 4) is 18.1 Å². The number of amides is 2. The number of nitrogens with zero attached hydrogens (tertiary/aromatic N) is 1. The maximum Gasteiger partial charge on any atom is 0.326 e. The number of hydrogen-bond acceptors (Lipinski definition) is 6. The zero-order valence-corrected chi connectivity index (χ0v) is 18.7. The summed E-state index contributed by atoms with van der Waals surface area (Å²) in [4.78, 5) is 37.1. The zero-order valence-electron chi connectivity index (χ0n) is 13.6. The molecule has 2 rings (SSSR count). The van der Waals surface area contributed by atoms with Crippen molar-refractivity contribution >= 4 is 80.1 Å². The van der Waals surface area contributed by atoms with Gasteiger partial charge in [0.1, 0.15) is 18.9 Å². The van der Waals surface area contributed by atoms with Gasteiger partial charge in [0.05, 0.1) is 18.7 Å². The standard InChI is InChI=1S/C17H13I2NO5S/c1-3-5-25-15-11(18)6-10(7-12(15)19)8-13-16(22)20(17(23)26-13)9-14(21)24-4-2/h1,6-8H,4-5,9H2,2H3/b13-8-. The van der Waals surface area contributed by atoms with E-state index in [0.717, 1.165) is 29.4 Å². The van der Waals surface area contributed by atoms with E-state index in [2.05, 4.69) is 51.1 Å². The molecule has 0 saturated carbocycles. The summed E-state index contributed by atoms with van der Waals surface area (Å²) >= 11 is 5.03. The summed E-state index contributed by atoms with van der Waals surface area (Å²) in [6.07, 6.45) is 6.83.